The maximum absolute atomic E-state index is 13.9. The lowest BCUT2D eigenvalue weighted by Gasteiger charge is -2.18. The van der Waals surface area contributed by atoms with Gasteiger partial charge in [-0.05, 0) is 19.3 Å². The maximum atomic E-state index is 13.9. The van der Waals surface area contributed by atoms with Gasteiger partial charge in [0, 0.05) is 11.6 Å². The molecule has 1 atom stereocenters. The van der Waals surface area contributed by atoms with Gasteiger partial charge in [-0.3, -0.25) is 4.79 Å². The fourth-order valence-corrected chi connectivity index (χ4v) is 1.65. The van der Waals surface area contributed by atoms with Crippen molar-refractivity contribution in [2.45, 2.75) is 33.2 Å². The van der Waals surface area contributed by atoms with Crippen LogP contribution in [-0.2, 0) is 6.42 Å². The molecule has 0 fully saturated rings. The van der Waals surface area contributed by atoms with Crippen LogP contribution in [0.4, 0.5) is 17.6 Å². The molecule has 0 saturated carbocycles. The van der Waals surface area contributed by atoms with Gasteiger partial charge in [0.05, 0.1) is 0 Å². The Kier molecular flexibility index (Phi) is 5.52. The van der Waals surface area contributed by atoms with Gasteiger partial charge in [0.2, 0.25) is 0 Å². The van der Waals surface area contributed by atoms with Crippen LogP contribution in [0.5, 0.6) is 0 Å². The molecule has 0 aliphatic heterocycles. The molecule has 0 aliphatic carbocycles. The van der Waals surface area contributed by atoms with Gasteiger partial charge in [-0.15, -0.1) is 6.58 Å². The number of benzene rings is 1. The highest BCUT2D eigenvalue weighted by Gasteiger charge is 2.29. The molecule has 21 heavy (non-hydrogen) atoms. The van der Waals surface area contributed by atoms with Gasteiger partial charge < -0.3 is 5.32 Å². The van der Waals surface area contributed by atoms with Crippen molar-refractivity contribution in [3.8, 4) is 0 Å². The molecule has 6 heteroatoms. The van der Waals surface area contributed by atoms with Crippen molar-refractivity contribution in [3.05, 3.63) is 47.1 Å². The van der Waals surface area contributed by atoms with E-state index in [0.717, 1.165) is 6.08 Å². The molecule has 1 rings (SSSR count). The molecule has 1 aromatic rings. The van der Waals surface area contributed by atoms with E-state index >= 15 is 0 Å². The molecular formula is C15H17F4NO. The number of rotatable bonds is 5. The van der Waals surface area contributed by atoms with Crippen molar-refractivity contribution < 1.29 is 22.4 Å². The Bertz CT molecular complexity index is 540. The molecule has 1 aromatic carbocycles. The first-order chi connectivity index (χ1) is 9.72. The molecular weight excluding hydrogens is 286 g/mol. The van der Waals surface area contributed by atoms with Gasteiger partial charge in [0.15, 0.2) is 23.3 Å². The molecule has 0 unspecified atom stereocenters. The largest absolute Gasteiger partial charge is 0.349 e. The van der Waals surface area contributed by atoms with Crippen LogP contribution in [0, 0.1) is 29.2 Å². The molecule has 2 nitrogen and oxygen atoms in total. The summed E-state index contributed by atoms with van der Waals surface area (Å²) in [5.41, 5.74) is -2.03. The van der Waals surface area contributed by atoms with E-state index < -0.39 is 46.3 Å². The minimum Gasteiger partial charge on any atom is -0.349 e. The summed E-state index contributed by atoms with van der Waals surface area (Å²) in [6, 6.07) is -0.407. The Balaban J connectivity index is 3.32. The van der Waals surface area contributed by atoms with Gasteiger partial charge in [-0.2, -0.15) is 0 Å². The standard InChI is InChI=1S/C15H17F4NO/c1-5-6-9-11(16)13(18)10(14(19)12(9)17)15(21)20-8(4)7(2)3/h5,7-8H,1,6H2,2-4H3,(H,20,21)/t8-/m0/s1. The third-order valence-electron chi connectivity index (χ3n) is 3.29. The summed E-state index contributed by atoms with van der Waals surface area (Å²) < 4.78 is 55.2. The lowest BCUT2D eigenvalue weighted by molar-refractivity contribution is 0.0919. The third kappa shape index (κ3) is 3.43. The van der Waals surface area contributed by atoms with E-state index in [1.165, 1.54) is 0 Å². The van der Waals surface area contributed by atoms with Crippen molar-refractivity contribution in [2.75, 3.05) is 0 Å². The number of hydrogen-bond acceptors (Lipinski definition) is 1. The van der Waals surface area contributed by atoms with Crippen LogP contribution in [0.3, 0.4) is 0 Å². The van der Waals surface area contributed by atoms with Crippen molar-refractivity contribution in [3.63, 3.8) is 0 Å². The molecule has 0 spiro atoms. The molecule has 0 heterocycles. The lowest BCUT2D eigenvalue weighted by Crippen LogP contribution is -2.37. The summed E-state index contributed by atoms with van der Waals surface area (Å²) in [5.74, 6) is -7.73. The van der Waals surface area contributed by atoms with Crippen molar-refractivity contribution >= 4 is 5.91 Å². The lowest BCUT2D eigenvalue weighted by atomic mass is 10.0. The van der Waals surface area contributed by atoms with Crippen LogP contribution in [0.25, 0.3) is 0 Å². The second kappa shape index (κ2) is 6.74. The van der Waals surface area contributed by atoms with Crippen molar-refractivity contribution in [1.29, 1.82) is 0 Å². The second-order valence-corrected chi connectivity index (χ2v) is 5.11. The van der Waals surface area contributed by atoms with Gasteiger partial charge in [0.25, 0.3) is 5.91 Å². The molecule has 0 bridgehead atoms. The van der Waals surface area contributed by atoms with Crippen molar-refractivity contribution in [2.24, 2.45) is 5.92 Å². The summed E-state index contributed by atoms with van der Waals surface area (Å²) in [4.78, 5) is 11.8. The quantitative estimate of drug-likeness (QED) is 0.501. The number of carbonyl (C=O) groups excluding carboxylic acids is 1. The first-order valence-corrected chi connectivity index (χ1v) is 6.48. The first-order valence-electron chi connectivity index (χ1n) is 6.48. The zero-order chi connectivity index (χ0) is 16.3. The van der Waals surface area contributed by atoms with E-state index in [1.54, 1.807) is 20.8 Å². The SMILES string of the molecule is C=CCc1c(F)c(F)c(C(=O)N[C@@H](C)C(C)C)c(F)c1F. The topological polar surface area (TPSA) is 29.1 Å². The van der Waals surface area contributed by atoms with Crippen LogP contribution < -0.4 is 5.32 Å². The molecule has 0 aromatic heterocycles. The summed E-state index contributed by atoms with van der Waals surface area (Å²) in [7, 11) is 0. The average Bonchev–Trinajstić information content (AvgIpc) is 2.41. The average molecular weight is 303 g/mol. The predicted octanol–water partition coefficient (Wildman–Crippen LogP) is 3.75. The highest BCUT2D eigenvalue weighted by molar-refractivity contribution is 5.95. The monoisotopic (exact) mass is 303 g/mol. The maximum Gasteiger partial charge on any atom is 0.257 e. The van der Waals surface area contributed by atoms with Crippen LogP contribution >= 0.6 is 0 Å². The van der Waals surface area contributed by atoms with Crippen LogP contribution in [0.2, 0.25) is 0 Å². The molecule has 1 amide bonds. The van der Waals surface area contributed by atoms with E-state index in [2.05, 4.69) is 11.9 Å². The Labute approximate surface area is 120 Å². The highest BCUT2D eigenvalue weighted by Crippen LogP contribution is 2.25. The van der Waals surface area contributed by atoms with Gasteiger partial charge in [-0.1, -0.05) is 19.9 Å². The van der Waals surface area contributed by atoms with Crippen molar-refractivity contribution in [1.82, 2.24) is 5.32 Å². The summed E-state index contributed by atoms with van der Waals surface area (Å²) in [6.45, 7) is 8.45. The number of hydrogen-bond donors (Lipinski definition) is 1. The van der Waals surface area contributed by atoms with Gasteiger partial charge in [-0.25, -0.2) is 17.6 Å². The minimum absolute atomic E-state index is 0.00481. The highest BCUT2D eigenvalue weighted by atomic mass is 19.2. The predicted molar refractivity (Wildman–Crippen MR) is 71.9 cm³/mol. The van der Waals surface area contributed by atoms with E-state index in [-0.39, 0.29) is 12.3 Å². The zero-order valence-corrected chi connectivity index (χ0v) is 12.1. The van der Waals surface area contributed by atoms with Crippen LogP contribution in [-0.4, -0.2) is 11.9 Å². The second-order valence-electron chi connectivity index (χ2n) is 5.11. The fourth-order valence-electron chi connectivity index (χ4n) is 1.65. The first kappa shape index (κ1) is 17.2. The number of allylic oxidation sites excluding steroid dienone is 1. The Hall–Kier alpha value is -1.85. The number of amides is 1. The molecule has 116 valence electrons. The van der Waals surface area contributed by atoms with E-state index in [0.29, 0.717) is 0 Å². The normalized spacial score (nSPS) is 12.4. The van der Waals surface area contributed by atoms with Gasteiger partial charge >= 0.3 is 0 Å². The van der Waals surface area contributed by atoms with Crippen LogP contribution in [0.15, 0.2) is 12.7 Å². The van der Waals surface area contributed by atoms with E-state index in [4.69, 9.17) is 0 Å². The summed E-state index contributed by atoms with van der Waals surface area (Å²) in [5, 5.41) is 2.31. The van der Waals surface area contributed by atoms with E-state index in [1.807, 2.05) is 0 Å². The Morgan fingerprint density at radius 1 is 1.10 bits per heavy atom. The Morgan fingerprint density at radius 3 is 1.95 bits per heavy atom. The van der Waals surface area contributed by atoms with Crippen LogP contribution in [0.1, 0.15) is 36.7 Å². The zero-order valence-electron chi connectivity index (χ0n) is 12.1. The molecule has 0 saturated heterocycles. The number of nitrogens with one attached hydrogen (secondary N) is 1. The summed E-state index contributed by atoms with van der Waals surface area (Å²) in [6.07, 6.45) is 0.733. The minimum atomic E-state index is -1.70. The van der Waals surface area contributed by atoms with Gasteiger partial charge in [0.1, 0.15) is 5.56 Å². The number of carbonyl (C=O) groups is 1. The Morgan fingerprint density at radius 2 is 1.57 bits per heavy atom. The fraction of sp³-hybridized carbons (Fsp3) is 0.400. The summed E-state index contributed by atoms with van der Waals surface area (Å²) >= 11 is 0. The smallest absolute Gasteiger partial charge is 0.257 e. The van der Waals surface area contributed by atoms with E-state index in [9.17, 15) is 22.4 Å². The third-order valence-corrected chi connectivity index (χ3v) is 3.29. The number of halogens is 4. The molecule has 0 aliphatic rings. The molecule has 0 radical (unpaired) electrons. The molecule has 1 N–H and O–H groups in total.